The molecule has 1 aliphatic heterocycles. The zero-order chi connectivity index (χ0) is 14.1. The summed E-state index contributed by atoms with van der Waals surface area (Å²) < 4.78 is 11.0. The molecule has 0 aromatic rings. The molecule has 1 aliphatic rings. The van der Waals surface area contributed by atoms with E-state index in [0.29, 0.717) is 6.61 Å². The normalized spacial score (nSPS) is 20.3. The first-order valence-corrected chi connectivity index (χ1v) is 7.50. The van der Waals surface area contributed by atoms with Crippen LogP contribution in [0.2, 0.25) is 0 Å². The quantitative estimate of drug-likeness (QED) is 0.731. The molecule has 0 aliphatic carbocycles. The summed E-state index contributed by atoms with van der Waals surface area (Å²) in [5.41, 5.74) is 8.74. The number of hydrogen-bond acceptors (Lipinski definition) is 3. The van der Waals surface area contributed by atoms with Gasteiger partial charge < -0.3 is 15.2 Å². The minimum Gasteiger partial charge on any atom is -0.498 e. The topological polar surface area (TPSA) is 44.5 Å². The molecule has 2 N–H and O–H groups in total. The van der Waals surface area contributed by atoms with Crippen molar-refractivity contribution >= 4 is 0 Å². The molecule has 19 heavy (non-hydrogen) atoms. The molecule has 110 valence electrons. The van der Waals surface area contributed by atoms with Gasteiger partial charge >= 0.3 is 0 Å². The zero-order valence-electron chi connectivity index (χ0n) is 12.7. The Morgan fingerprint density at radius 2 is 2.26 bits per heavy atom. The van der Waals surface area contributed by atoms with E-state index in [1.54, 1.807) is 7.11 Å². The highest BCUT2D eigenvalue weighted by molar-refractivity contribution is 5.28. The van der Waals surface area contributed by atoms with E-state index >= 15 is 0 Å². The summed E-state index contributed by atoms with van der Waals surface area (Å²) >= 11 is 0. The molecular weight excluding hydrogens is 238 g/mol. The van der Waals surface area contributed by atoms with Gasteiger partial charge in [0.15, 0.2) is 0 Å². The molecule has 3 nitrogen and oxygen atoms in total. The molecule has 3 heteroatoms. The Bertz CT molecular complexity index is 305. The number of rotatable bonds is 8. The second kappa shape index (κ2) is 9.16. The van der Waals surface area contributed by atoms with E-state index in [1.807, 2.05) is 0 Å². The maximum absolute atomic E-state index is 6.11. The SMILES string of the molecule is CCC/C(=C\C(CC(N)CC)=C1/CCCO1)COC. The maximum Gasteiger partial charge on any atom is 0.0993 e. The number of allylic oxidation sites excluding steroid dienone is 2. The molecule has 0 aromatic carbocycles. The standard InChI is InChI=1S/C16H29NO2/c1-4-7-13(12-18-3)10-14(11-15(17)5-2)16-8-6-9-19-16/h10,15H,4-9,11-12,17H2,1-3H3/b13-10+,16-14-. The van der Waals surface area contributed by atoms with Crippen molar-refractivity contribution in [1.29, 1.82) is 0 Å². The first kappa shape index (κ1) is 16.3. The monoisotopic (exact) mass is 267 g/mol. The highest BCUT2D eigenvalue weighted by atomic mass is 16.5. The molecule has 1 saturated heterocycles. The summed E-state index contributed by atoms with van der Waals surface area (Å²) in [7, 11) is 1.75. The van der Waals surface area contributed by atoms with Crippen LogP contribution in [-0.2, 0) is 9.47 Å². The Kier molecular flexibility index (Phi) is 7.84. The fourth-order valence-corrected chi connectivity index (χ4v) is 2.37. The van der Waals surface area contributed by atoms with Crippen LogP contribution in [-0.4, -0.2) is 26.4 Å². The number of hydrogen-bond donors (Lipinski definition) is 1. The summed E-state index contributed by atoms with van der Waals surface area (Å²) in [4.78, 5) is 0. The largest absolute Gasteiger partial charge is 0.498 e. The van der Waals surface area contributed by atoms with Crippen LogP contribution in [0.3, 0.4) is 0 Å². The lowest BCUT2D eigenvalue weighted by Gasteiger charge is -2.14. The highest BCUT2D eigenvalue weighted by Gasteiger charge is 2.15. The van der Waals surface area contributed by atoms with Crippen molar-refractivity contribution < 1.29 is 9.47 Å². The van der Waals surface area contributed by atoms with Crippen LogP contribution in [0.4, 0.5) is 0 Å². The summed E-state index contributed by atoms with van der Waals surface area (Å²) in [6.07, 6.45) is 8.56. The predicted molar refractivity (Wildman–Crippen MR) is 80.0 cm³/mol. The molecule has 1 heterocycles. The van der Waals surface area contributed by atoms with Crippen molar-refractivity contribution in [1.82, 2.24) is 0 Å². The molecule has 0 aromatic heterocycles. The first-order valence-electron chi connectivity index (χ1n) is 7.50. The predicted octanol–water partition coefficient (Wildman–Crippen LogP) is 3.55. The van der Waals surface area contributed by atoms with Gasteiger partial charge in [-0.2, -0.15) is 0 Å². The van der Waals surface area contributed by atoms with E-state index < -0.39 is 0 Å². The molecule has 0 radical (unpaired) electrons. The second-order valence-electron chi connectivity index (χ2n) is 5.26. The van der Waals surface area contributed by atoms with E-state index in [2.05, 4.69) is 19.9 Å². The van der Waals surface area contributed by atoms with Crippen LogP contribution in [0, 0.1) is 0 Å². The molecule has 0 bridgehead atoms. The first-order chi connectivity index (χ1) is 9.21. The van der Waals surface area contributed by atoms with E-state index in [9.17, 15) is 0 Å². The van der Waals surface area contributed by atoms with E-state index in [4.69, 9.17) is 15.2 Å². The molecule has 0 spiro atoms. The number of methoxy groups -OCH3 is 1. The Labute approximate surface area is 117 Å². The summed E-state index contributed by atoms with van der Waals surface area (Å²) in [5.74, 6) is 1.15. The Hall–Kier alpha value is -0.800. The fraction of sp³-hybridized carbons (Fsp3) is 0.750. The minimum absolute atomic E-state index is 0.216. The van der Waals surface area contributed by atoms with E-state index in [-0.39, 0.29) is 6.04 Å². The van der Waals surface area contributed by atoms with E-state index in [0.717, 1.165) is 50.9 Å². The van der Waals surface area contributed by atoms with Gasteiger partial charge in [0.05, 0.1) is 19.0 Å². The van der Waals surface area contributed by atoms with Crippen molar-refractivity contribution in [3.05, 3.63) is 23.0 Å². The molecule has 1 atom stereocenters. The molecule has 1 rings (SSSR count). The Morgan fingerprint density at radius 3 is 2.79 bits per heavy atom. The third kappa shape index (κ3) is 5.79. The number of nitrogens with two attached hydrogens (primary N) is 1. The van der Waals surface area contributed by atoms with Crippen LogP contribution in [0.1, 0.15) is 52.4 Å². The van der Waals surface area contributed by atoms with Crippen molar-refractivity contribution in [2.24, 2.45) is 5.73 Å². The van der Waals surface area contributed by atoms with Gasteiger partial charge in [0.2, 0.25) is 0 Å². The molecular formula is C16H29NO2. The Balaban J connectivity index is 2.88. The van der Waals surface area contributed by atoms with Gasteiger partial charge in [-0.1, -0.05) is 26.3 Å². The van der Waals surface area contributed by atoms with Gasteiger partial charge in [-0.3, -0.25) is 0 Å². The lowest BCUT2D eigenvalue weighted by Crippen LogP contribution is -2.19. The van der Waals surface area contributed by atoms with Gasteiger partial charge in [-0.05, 0) is 36.8 Å². The van der Waals surface area contributed by atoms with Crippen molar-refractivity contribution in [2.75, 3.05) is 20.3 Å². The highest BCUT2D eigenvalue weighted by Crippen LogP contribution is 2.26. The van der Waals surface area contributed by atoms with Crippen molar-refractivity contribution in [3.8, 4) is 0 Å². The van der Waals surface area contributed by atoms with Crippen LogP contribution >= 0.6 is 0 Å². The number of ether oxygens (including phenoxy) is 2. The summed E-state index contributed by atoms with van der Waals surface area (Å²) in [5, 5.41) is 0. The van der Waals surface area contributed by atoms with E-state index in [1.165, 1.54) is 11.1 Å². The smallest absolute Gasteiger partial charge is 0.0993 e. The lowest BCUT2D eigenvalue weighted by atomic mass is 9.98. The van der Waals surface area contributed by atoms with Gasteiger partial charge in [-0.25, -0.2) is 0 Å². The van der Waals surface area contributed by atoms with Crippen molar-refractivity contribution in [2.45, 2.75) is 58.4 Å². The summed E-state index contributed by atoms with van der Waals surface area (Å²) in [6.45, 7) is 5.88. The van der Waals surface area contributed by atoms with Gasteiger partial charge in [0, 0.05) is 19.6 Å². The van der Waals surface area contributed by atoms with Gasteiger partial charge in [0.25, 0.3) is 0 Å². The van der Waals surface area contributed by atoms with Gasteiger partial charge in [-0.15, -0.1) is 0 Å². The summed E-state index contributed by atoms with van der Waals surface area (Å²) in [6, 6.07) is 0.216. The minimum atomic E-state index is 0.216. The molecule has 0 amide bonds. The maximum atomic E-state index is 6.11. The lowest BCUT2D eigenvalue weighted by molar-refractivity contribution is 0.222. The average Bonchev–Trinajstić information content (AvgIpc) is 2.92. The van der Waals surface area contributed by atoms with Crippen LogP contribution in [0.5, 0.6) is 0 Å². The zero-order valence-corrected chi connectivity index (χ0v) is 12.7. The fourth-order valence-electron chi connectivity index (χ4n) is 2.37. The molecule has 1 fully saturated rings. The van der Waals surface area contributed by atoms with Crippen LogP contribution in [0.15, 0.2) is 23.0 Å². The third-order valence-corrected chi connectivity index (χ3v) is 3.47. The molecule has 0 saturated carbocycles. The van der Waals surface area contributed by atoms with Crippen LogP contribution in [0.25, 0.3) is 0 Å². The average molecular weight is 267 g/mol. The second-order valence-corrected chi connectivity index (χ2v) is 5.26. The Morgan fingerprint density at radius 1 is 1.47 bits per heavy atom. The third-order valence-electron chi connectivity index (χ3n) is 3.47. The molecule has 1 unspecified atom stereocenters. The van der Waals surface area contributed by atoms with Crippen LogP contribution < -0.4 is 5.73 Å². The van der Waals surface area contributed by atoms with Gasteiger partial charge in [0.1, 0.15) is 0 Å². The van der Waals surface area contributed by atoms with Crippen molar-refractivity contribution in [3.63, 3.8) is 0 Å².